The molecule has 0 saturated carbocycles. The third kappa shape index (κ3) is 46.3. The average molecular weight is 1410 g/mol. The molecule has 6 atom stereocenters. The molecule has 4 aromatic rings. The smallest absolute Gasteiger partial charge is 0.328 e. The lowest BCUT2D eigenvalue weighted by atomic mass is 10.0. The van der Waals surface area contributed by atoms with Crippen LogP contribution in [0.3, 0.4) is 0 Å². The van der Waals surface area contributed by atoms with E-state index in [-0.39, 0.29) is 78.5 Å². The van der Waals surface area contributed by atoms with Crippen molar-refractivity contribution in [1.82, 2.24) is 26.6 Å². The Hall–Kier alpha value is -7.55. The number of carbonyl (C=O) groups excluding carboxylic acids is 10. The molecule has 0 aromatic heterocycles. The zero-order chi connectivity index (χ0) is 73.7. The van der Waals surface area contributed by atoms with Crippen molar-refractivity contribution in [1.29, 1.82) is 0 Å². The molecule has 4 rings (SSSR count). The number of nitrogens with one attached hydrogen (secondary N) is 5. The van der Waals surface area contributed by atoms with Crippen LogP contribution in [0.4, 0.5) is 0 Å². The van der Waals surface area contributed by atoms with Crippen LogP contribution in [-0.4, -0.2) is 123 Å². The lowest BCUT2D eigenvalue weighted by Crippen LogP contribution is -2.40. The maximum Gasteiger partial charge on any atom is 0.328 e. The van der Waals surface area contributed by atoms with Gasteiger partial charge in [0.25, 0.3) is 0 Å². The molecule has 6 unspecified atom stereocenters. The highest BCUT2D eigenvalue weighted by atomic mass is 35.5. The molecule has 0 spiro atoms. The van der Waals surface area contributed by atoms with Gasteiger partial charge in [-0.2, -0.15) is 0 Å². The zero-order valence-corrected chi connectivity index (χ0v) is 62.2. The van der Waals surface area contributed by atoms with E-state index in [4.69, 9.17) is 58.5 Å². The standard InChI is InChI=1S/C16H23NO3.C15H19Cl2NO3.C15H20ClNO3.C15H21NO3.C13H25NO3/c1-12(2)11-20-16(19)13(3)17-15(18)10-9-14-7-5-4-6-8-14;1-9(2)8-21-15(20)10(3)18-14(19)7-11-4-5-12(16)13(17)6-11;1-10(2)9-20-15(19)11(3)17-14(18)8-12-4-6-13(16)7-5-12;1-11(2)10-19-15(18)12(3)16-14(17)9-13-7-5-4-6-8-13;1-6-10(4)7-12(15)14-11(5)13(16)17-8-9(2)3/h4-8,12-13H,9-11H2,1-3H3,(H,17,18);4-6,9-10H,7-8H2,1-3H3,(H,18,19);4-7,10-11H,8-9H2,1-3H3,(H,17,18);4-8,11-12H,9-10H2,1-3H3,(H,16,17);9-11H,6-8H2,1-5H3,(H,14,15). The summed E-state index contributed by atoms with van der Waals surface area (Å²) < 4.78 is 25.3. The van der Waals surface area contributed by atoms with Crippen molar-refractivity contribution in [2.45, 2.75) is 193 Å². The minimum atomic E-state index is -0.681. The quantitative estimate of drug-likeness (QED) is 0.0225. The van der Waals surface area contributed by atoms with Gasteiger partial charge in [-0.05, 0) is 123 Å². The Morgan fingerprint density at radius 3 is 0.948 bits per heavy atom. The van der Waals surface area contributed by atoms with Gasteiger partial charge in [-0.1, -0.05) is 203 Å². The molecule has 0 heterocycles. The third-order valence-corrected chi connectivity index (χ3v) is 14.0. The minimum absolute atomic E-state index is 0.0895. The SMILES string of the molecule is CC(C)COC(=O)C(C)NC(=O)CCc1ccccc1.CC(C)COC(=O)C(C)NC(=O)Cc1ccc(Cl)c(Cl)c1.CC(C)COC(=O)C(C)NC(=O)Cc1ccc(Cl)cc1.CC(C)COC(=O)C(C)NC(=O)Cc1ccccc1.CCC(C)CC(=O)NC(C)C(=O)OCC(C)C. The van der Waals surface area contributed by atoms with Gasteiger partial charge in [0.2, 0.25) is 29.5 Å². The number of hydrogen-bond donors (Lipinski definition) is 5. The molecule has 0 aliphatic heterocycles. The third-order valence-electron chi connectivity index (χ3n) is 13.0. The van der Waals surface area contributed by atoms with Gasteiger partial charge in [-0.3, -0.25) is 24.0 Å². The van der Waals surface area contributed by atoms with Crippen LogP contribution in [0, 0.1) is 35.5 Å². The minimum Gasteiger partial charge on any atom is -0.464 e. The van der Waals surface area contributed by atoms with Crippen LogP contribution in [0.25, 0.3) is 0 Å². The summed E-state index contributed by atoms with van der Waals surface area (Å²) in [7, 11) is 0. The molecule has 540 valence electrons. The highest BCUT2D eigenvalue weighted by molar-refractivity contribution is 6.42. The topological polar surface area (TPSA) is 277 Å². The molecule has 0 saturated heterocycles. The largest absolute Gasteiger partial charge is 0.464 e. The van der Waals surface area contributed by atoms with Crippen LogP contribution in [-0.2, 0) is 97.3 Å². The second-order valence-electron chi connectivity index (χ2n) is 25.7. The molecule has 0 radical (unpaired) electrons. The first-order valence-corrected chi connectivity index (χ1v) is 34.2. The molecule has 0 aliphatic rings. The van der Waals surface area contributed by atoms with Crippen molar-refractivity contribution in [3.8, 4) is 0 Å². The Kier molecular flexibility index (Phi) is 46.8. The first-order chi connectivity index (χ1) is 45.5. The van der Waals surface area contributed by atoms with Gasteiger partial charge < -0.3 is 50.3 Å². The summed E-state index contributed by atoms with van der Waals surface area (Å²) in [5, 5.41) is 14.6. The Morgan fingerprint density at radius 2 is 0.629 bits per heavy atom. The number of ether oxygens (including phenoxy) is 5. The molecule has 0 fully saturated rings. The fourth-order valence-electron chi connectivity index (χ4n) is 7.42. The first-order valence-electron chi connectivity index (χ1n) is 33.1. The van der Waals surface area contributed by atoms with Gasteiger partial charge >= 0.3 is 29.8 Å². The van der Waals surface area contributed by atoms with Gasteiger partial charge in [0.05, 0.1) is 62.3 Å². The van der Waals surface area contributed by atoms with Crippen LogP contribution >= 0.6 is 34.8 Å². The number of amides is 5. The van der Waals surface area contributed by atoms with E-state index in [1.54, 1.807) is 77.1 Å². The molecule has 5 N–H and O–H groups in total. The van der Waals surface area contributed by atoms with Crippen LogP contribution in [0.5, 0.6) is 0 Å². The average Bonchev–Trinajstić information content (AvgIpc) is 1.00. The number of aryl methyl sites for hydroxylation is 1. The summed E-state index contributed by atoms with van der Waals surface area (Å²) >= 11 is 17.5. The highest BCUT2D eigenvalue weighted by Gasteiger charge is 2.22. The van der Waals surface area contributed by atoms with Gasteiger partial charge in [-0.15, -0.1) is 0 Å². The number of carbonyl (C=O) groups is 10. The van der Waals surface area contributed by atoms with E-state index in [2.05, 4.69) is 26.6 Å². The molecule has 4 aromatic carbocycles. The Labute approximate surface area is 591 Å². The van der Waals surface area contributed by atoms with Crippen LogP contribution < -0.4 is 26.6 Å². The molecule has 23 heteroatoms. The summed E-state index contributed by atoms with van der Waals surface area (Å²) in [5.41, 5.74) is 3.60. The normalized spacial score (nSPS) is 12.4. The number of benzene rings is 4. The number of hydrogen-bond acceptors (Lipinski definition) is 15. The van der Waals surface area contributed by atoms with Crippen molar-refractivity contribution in [2.75, 3.05) is 33.0 Å². The molecule has 5 amide bonds. The Bertz CT molecular complexity index is 2990. The Balaban J connectivity index is 0.00000119. The van der Waals surface area contributed by atoms with E-state index < -0.39 is 48.1 Å². The monoisotopic (exact) mass is 1410 g/mol. The van der Waals surface area contributed by atoms with Crippen molar-refractivity contribution in [2.24, 2.45) is 35.5 Å². The predicted octanol–water partition coefficient (Wildman–Crippen LogP) is 12.2. The highest BCUT2D eigenvalue weighted by Crippen LogP contribution is 2.23. The van der Waals surface area contributed by atoms with Crippen LogP contribution in [0.1, 0.15) is 159 Å². The van der Waals surface area contributed by atoms with E-state index in [1.165, 1.54) is 0 Å². The fourth-order valence-corrected chi connectivity index (χ4v) is 7.87. The van der Waals surface area contributed by atoms with E-state index in [1.807, 2.05) is 144 Å². The second kappa shape index (κ2) is 50.7. The van der Waals surface area contributed by atoms with E-state index >= 15 is 0 Å². The summed E-state index contributed by atoms with van der Waals surface area (Å²) in [5.74, 6) is -1.14. The predicted molar refractivity (Wildman–Crippen MR) is 381 cm³/mol. The van der Waals surface area contributed by atoms with Gasteiger partial charge in [0.15, 0.2) is 0 Å². The van der Waals surface area contributed by atoms with E-state index in [0.29, 0.717) is 85.1 Å². The number of rotatable bonds is 32. The Morgan fingerprint density at radius 1 is 0.340 bits per heavy atom. The first kappa shape index (κ1) is 89.5. The lowest BCUT2D eigenvalue weighted by Gasteiger charge is -2.15. The summed E-state index contributed by atoms with van der Waals surface area (Å²) in [6.07, 6.45) is 3.05. The lowest BCUT2D eigenvalue weighted by molar-refractivity contribution is -0.148. The molecule has 0 aliphatic carbocycles. The molecule has 20 nitrogen and oxygen atoms in total. The van der Waals surface area contributed by atoms with Crippen molar-refractivity contribution >= 4 is 94.2 Å². The summed E-state index contributed by atoms with van der Waals surface area (Å²) in [6.45, 7) is 33.6. The van der Waals surface area contributed by atoms with Gasteiger partial charge in [0.1, 0.15) is 30.2 Å². The van der Waals surface area contributed by atoms with Crippen molar-refractivity contribution in [3.05, 3.63) is 140 Å². The van der Waals surface area contributed by atoms with Crippen molar-refractivity contribution < 1.29 is 71.6 Å². The summed E-state index contributed by atoms with van der Waals surface area (Å²) in [4.78, 5) is 117. The van der Waals surface area contributed by atoms with Crippen LogP contribution in [0.2, 0.25) is 15.1 Å². The van der Waals surface area contributed by atoms with Crippen molar-refractivity contribution in [3.63, 3.8) is 0 Å². The fraction of sp³-hybridized carbons (Fsp3) is 0.541. The maximum absolute atomic E-state index is 11.9. The van der Waals surface area contributed by atoms with Gasteiger partial charge in [-0.25, -0.2) is 24.0 Å². The molecular weight excluding hydrogens is 1310 g/mol. The van der Waals surface area contributed by atoms with Gasteiger partial charge in [0, 0.05) is 17.9 Å². The number of halogens is 3. The molecule has 97 heavy (non-hydrogen) atoms. The summed E-state index contributed by atoms with van der Waals surface area (Å²) in [6, 6.07) is 28.1. The zero-order valence-electron chi connectivity index (χ0n) is 59.9. The maximum atomic E-state index is 11.9. The second-order valence-corrected chi connectivity index (χ2v) is 26.9. The molecular formula is C74H108Cl3N5O15. The number of esters is 5. The van der Waals surface area contributed by atoms with E-state index in [9.17, 15) is 47.9 Å². The van der Waals surface area contributed by atoms with E-state index in [0.717, 1.165) is 28.7 Å². The van der Waals surface area contributed by atoms with Crippen LogP contribution in [0.15, 0.2) is 103 Å². The molecule has 0 bridgehead atoms.